The molecule has 0 atom stereocenters. The second-order valence-electron chi connectivity index (χ2n) is 3.58. The van der Waals surface area contributed by atoms with Gasteiger partial charge in [-0.1, -0.05) is 15.9 Å². The van der Waals surface area contributed by atoms with Crippen molar-refractivity contribution < 1.29 is 0 Å². The van der Waals surface area contributed by atoms with E-state index in [2.05, 4.69) is 41.0 Å². The Balaban J connectivity index is 1.92. The number of nitrogens with zero attached hydrogens (tertiary/aromatic N) is 6. The molecule has 0 amide bonds. The van der Waals surface area contributed by atoms with Crippen molar-refractivity contribution in [3.8, 4) is 5.95 Å². The van der Waals surface area contributed by atoms with Crippen molar-refractivity contribution in [2.75, 3.05) is 0 Å². The van der Waals surface area contributed by atoms with Gasteiger partial charge in [0.25, 0.3) is 5.95 Å². The quantitative estimate of drug-likeness (QED) is 0.707. The zero-order valence-electron chi connectivity index (χ0n) is 9.81. The lowest BCUT2D eigenvalue weighted by Gasteiger charge is -2.03. The van der Waals surface area contributed by atoms with Crippen LogP contribution < -0.4 is 0 Å². The first-order valence-electron chi connectivity index (χ1n) is 5.41. The van der Waals surface area contributed by atoms with E-state index in [0.717, 1.165) is 9.37 Å². The third-order valence-electron chi connectivity index (χ3n) is 2.22. The lowest BCUT2D eigenvalue weighted by Crippen LogP contribution is -2.04. The number of rotatable bonds is 3. The van der Waals surface area contributed by atoms with E-state index in [-0.39, 0.29) is 5.28 Å². The largest absolute Gasteiger partial charge is 0.257 e. The molecule has 0 aliphatic rings. The van der Waals surface area contributed by atoms with Crippen molar-refractivity contribution in [2.45, 2.75) is 10.1 Å². The molecule has 3 rings (SSSR count). The van der Waals surface area contributed by atoms with Crippen LogP contribution >= 0.6 is 39.3 Å². The molecule has 0 radical (unpaired) electrons. The highest BCUT2D eigenvalue weighted by molar-refractivity contribution is 9.10. The Morgan fingerprint density at radius 1 is 1.10 bits per heavy atom. The second-order valence-corrected chi connectivity index (χ2v) is 5.88. The molecule has 6 nitrogen and oxygen atoms in total. The molecule has 20 heavy (non-hydrogen) atoms. The van der Waals surface area contributed by atoms with Gasteiger partial charge in [0, 0.05) is 9.37 Å². The molecule has 100 valence electrons. The van der Waals surface area contributed by atoms with Crippen molar-refractivity contribution >= 4 is 39.3 Å². The van der Waals surface area contributed by atoms with Crippen LogP contribution in [0.5, 0.6) is 0 Å². The predicted molar refractivity (Wildman–Crippen MR) is 78.0 cm³/mol. The monoisotopic (exact) mass is 368 g/mol. The Morgan fingerprint density at radius 2 is 1.90 bits per heavy atom. The highest BCUT2D eigenvalue weighted by Crippen LogP contribution is 2.26. The van der Waals surface area contributed by atoms with E-state index < -0.39 is 0 Å². The van der Waals surface area contributed by atoms with Crippen LogP contribution in [0.1, 0.15) is 0 Å². The molecule has 0 aliphatic carbocycles. The molecule has 0 fully saturated rings. The first kappa shape index (κ1) is 13.5. The van der Waals surface area contributed by atoms with E-state index in [4.69, 9.17) is 11.6 Å². The smallest absolute Gasteiger partial charge is 0.223 e. The van der Waals surface area contributed by atoms with Gasteiger partial charge in [0.05, 0.1) is 0 Å². The zero-order chi connectivity index (χ0) is 13.9. The Morgan fingerprint density at radius 3 is 2.60 bits per heavy atom. The third-order valence-corrected chi connectivity index (χ3v) is 3.79. The highest BCUT2D eigenvalue weighted by atomic mass is 79.9. The van der Waals surface area contributed by atoms with Crippen molar-refractivity contribution in [3.63, 3.8) is 0 Å². The van der Waals surface area contributed by atoms with Crippen molar-refractivity contribution in [1.82, 2.24) is 29.7 Å². The van der Waals surface area contributed by atoms with Crippen LogP contribution in [-0.4, -0.2) is 29.7 Å². The summed E-state index contributed by atoms with van der Waals surface area (Å²) in [7, 11) is 0. The van der Waals surface area contributed by atoms with Crippen LogP contribution in [0.15, 0.2) is 51.4 Å². The summed E-state index contributed by atoms with van der Waals surface area (Å²) in [6, 6.07) is 7.82. The zero-order valence-corrected chi connectivity index (χ0v) is 13.0. The van der Waals surface area contributed by atoms with Gasteiger partial charge in [-0.2, -0.15) is 24.7 Å². The van der Waals surface area contributed by atoms with Crippen LogP contribution in [0.2, 0.25) is 5.28 Å². The van der Waals surface area contributed by atoms with Crippen molar-refractivity contribution in [2.24, 2.45) is 0 Å². The minimum atomic E-state index is 0.116. The fourth-order valence-corrected chi connectivity index (χ4v) is 2.60. The third kappa shape index (κ3) is 3.14. The number of hydrogen-bond donors (Lipinski definition) is 0. The van der Waals surface area contributed by atoms with Gasteiger partial charge in [-0.25, -0.2) is 4.98 Å². The van der Waals surface area contributed by atoms with Gasteiger partial charge in [0.1, 0.15) is 12.7 Å². The summed E-state index contributed by atoms with van der Waals surface area (Å²) in [5.74, 6) is 0.335. The minimum absolute atomic E-state index is 0.116. The van der Waals surface area contributed by atoms with Gasteiger partial charge < -0.3 is 0 Å². The molecule has 1 aromatic carbocycles. The van der Waals surface area contributed by atoms with Crippen LogP contribution in [-0.2, 0) is 0 Å². The number of halogens is 2. The van der Waals surface area contributed by atoms with Crippen LogP contribution in [0, 0.1) is 0 Å². The molecule has 0 saturated carbocycles. The molecule has 0 unspecified atom stereocenters. The van der Waals surface area contributed by atoms with Crippen LogP contribution in [0.4, 0.5) is 0 Å². The van der Waals surface area contributed by atoms with Gasteiger partial charge in [-0.15, -0.1) is 0 Å². The van der Waals surface area contributed by atoms with E-state index in [1.807, 2.05) is 24.3 Å². The lowest BCUT2D eigenvalue weighted by atomic mass is 10.4. The first-order valence-corrected chi connectivity index (χ1v) is 7.39. The number of benzene rings is 1. The molecular weight excluding hydrogens is 364 g/mol. The minimum Gasteiger partial charge on any atom is -0.223 e. The summed E-state index contributed by atoms with van der Waals surface area (Å²) in [5, 5.41) is 4.58. The molecule has 2 heterocycles. The van der Waals surface area contributed by atoms with E-state index >= 15 is 0 Å². The summed E-state index contributed by atoms with van der Waals surface area (Å²) in [5.41, 5.74) is 0. The lowest BCUT2D eigenvalue weighted by molar-refractivity contribution is 0.757. The molecule has 0 aliphatic heterocycles. The fraction of sp³-hybridized carbons (Fsp3) is 0. The van der Waals surface area contributed by atoms with E-state index in [9.17, 15) is 0 Å². The predicted octanol–water partition coefficient (Wildman–Crippen LogP) is 3.02. The normalized spacial score (nSPS) is 10.7. The number of hydrogen-bond acceptors (Lipinski definition) is 6. The summed E-state index contributed by atoms with van der Waals surface area (Å²) >= 11 is 10.7. The second kappa shape index (κ2) is 5.86. The van der Waals surface area contributed by atoms with E-state index in [0.29, 0.717) is 11.1 Å². The molecule has 0 bridgehead atoms. The molecule has 0 spiro atoms. The Labute approximate surface area is 131 Å². The van der Waals surface area contributed by atoms with Gasteiger partial charge in [-0.05, 0) is 47.6 Å². The molecule has 3 aromatic rings. The fourth-order valence-electron chi connectivity index (χ4n) is 1.39. The average molecular weight is 370 g/mol. The maximum absolute atomic E-state index is 5.91. The summed E-state index contributed by atoms with van der Waals surface area (Å²) in [4.78, 5) is 17.3. The first-order chi connectivity index (χ1) is 9.70. The summed E-state index contributed by atoms with van der Waals surface area (Å²) in [6.45, 7) is 0. The van der Waals surface area contributed by atoms with Gasteiger partial charge in [0.2, 0.25) is 5.28 Å². The molecule has 0 N–H and O–H groups in total. The molecule has 9 heteroatoms. The van der Waals surface area contributed by atoms with Crippen molar-refractivity contribution in [1.29, 1.82) is 0 Å². The van der Waals surface area contributed by atoms with Crippen LogP contribution in [0.25, 0.3) is 5.95 Å². The Hall–Kier alpha value is -1.51. The van der Waals surface area contributed by atoms with Gasteiger partial charge >= 0.3 is 0 Å². The Kier molecular flexibility index (Phi) is 3.95. The number of aromatic nitrogens is 6. The SMILES string of the molecule is Clc1nc(Sc2ccc(Br)cc2)nc(-n2cncn2)n1. The van der Waals surface area contributed by atoms with Crippen LogP contribution in [0.3, 0.4) is 0 Å². The van der Waals surface area contributed by atoms with Crippen molar-refractivity contribution in [3.05, 3.63) is 46.7 Å². The summed E-state index contributed by atoms with van der Waals surface area (Å²) < 4.78 is 2.44. The summed E-state index contributed by atoms with van der Waals surface area (Å²) in [6.07, 6.45) is 2.90. The maximum Gasteiger partial charge on any atom is 0.257 e. The topological polar surface area (TPSA) is 69.4 Å². The van der Waals surface area contributed by atoms with Gasteiger partial charge in [0.15, 0.2) is 5.16 Å². The van der Waals surface area contributed by atoms with Gasteiger partial charge in [-0.3, -0.25) is 0 Å². The Bertz CT molecular complexity index is 718. The maximum atomic E-state index is 5.91. The van der Waals surface area contributed by atoms with E-state index in [1.165, 1.54) is 29.1 Å². The molecular formula is C11H6BrClN6S. The average Bonchev–Trinajstić information content (AvgIpc) is 2.95. The van der Waals surface area contributed by atoms with E-state index in [1.54, 1.807) is 0 Å². The molecule has 2 aromatic heterocycles. The highest BCUT2D eigenvalue weighted by Gasteiger charge is 2.09. The molecule has 0 saturated heterocycles. The standard InChI is InChI=1S/C11H6BrClN6S/c12-7-1-3-8(4-2-7)20-11-17-9(13)16-10(18-11)19-6-14-5-15-19/h1-6H.